The van der Waals surface area contributed by atoms with E-state index >= 15 is 0 Å². The number of ether oxygens (including phenoxy) is 1. The van der Waals surface area contributed by atoms with Crippen molar-refractivity contribution in [3.63, 3.8) is 0 Å². The van der Waals surface area contributed by atoms with Gasteiger partial charge in [-0.05, 0) is 24.6 Å². The van der Waals surface area contributed by atoms with Gasteiger partial charge in [-0.3, -0.25) is 0 Å². The van der Waals surface area contributed by atoms with Crippen LogP contribution in [-0.4, -0.2) is 7.11 Å². The quantitative estimate of drug-likeness (QED) is 0.744. The molecule has 0 aliphatic heterocycles. The van der Waals surface area contributed by atoms with E-state index in [2.05, 4.69) is 22.0 Å². The number of methoxy groups -OCH3 is 1. The Bertz CT molecular complexity index is 355. The SMILES string of the molecule is COc1cc(CBr)cc(C#N)c1C. The lowest BCUT2D eigenvalue weighted by Crippen LogP contribution is -1.93. The van der Waals surface area contributed by atoms with E-state index in [0.717, 1.165) is 22.2 Å². The minimum atomic E-state index is 0.675. The van der Waals surface area contributed by atoms with Gasteiger partial charge in [-0.1, -0.05) is 15.9 Å². The van der Waals surface area contributed by atoms with Crippen LogP contribution in [0.5, 0.6) is 5.75 Å². The Morgan fingerprint density at radius 3 is 2.69 bits per heavy atom. The molecule has 0 saturated carbocycles. The Hall–Kier alpha value is -1.01. The van der Waals surface area contributed by atoms with Crippen LogP contribution in [0.4, 0.5) is 0 Å². The number of nitrogens with zero attached hydrogens (tertiary/aromatic N) is 1. The molecule has 0 aliphatic carbocycles. The van der Waals surface area contributed by atoms with Crippen LogP contribution < -0.4 is 4.74 Å². The van der Waals surface area contributed by atoms with Crippen LogP contribution in [0.1, 0.15) is 16.7 Å². The minimum Gasteiger partial charge on any atom is -0.496 e. The molecule has 0 aliphatic rings. The van der Waals surface area contributed by atoms with Crippen molar-refractivity contribution in [1.82, 2.24) is 0 Å². The van der Waals surface area contributed by atoms with Crippen molar-refractivity contribution in [3.8, 4) is 11.8 Å². The number of halogens is 1. The van der Waals surface area contributed by atoms with Crippen LogP contribution in [0, 0.1) is 18.3 Å². The maximum atomic E-state index is 8.84. The number of hydrogen-bond acceptors (Lipinski definition) is 2. The second-order valence-electron chi connectivity index (χ2n) is 2.72. The normalized spacial score (nSPS) is 9.38. The van der Waals surface area contributed by atoms with Crippen LogP contribution in [0.3, 0.4) is 0 Å². The minimum absolute atomic E-state index is 0.675. The summed E-state index contributed by atoms with van der Waals surface area (Å²) in [4.78, 5) is 0. The monoisotopic (exact) mass is 239 g/mol. The Morgan fingerprint density at radius 2 is 2.23 bits per heavy atom. The van der Waals surface area contributed by atoms with Crippen molar-refractivity contribution in [3.05, 3.63) is 28.8 Å². The van der Waals surface area contributed by atoms with E-state index in [1.165, 1.54) is 0 Å². The van der Waals surface area contributed by atoms with E-state index in [-0.39, 0.29) is 0 Å². The van der Waals surface area contributed by atoms with Crippen molar-refractivity contribution in [2.75, 3.05) is 7.11 Å². The van der Waals surface area contributed by atoms with Gasteiger partial charge < -0.3 is 4.74 Å². The standard InChI is InChI=1S/C10H10BrNO/c1-7-9(6-12)3-8(5-11)4-10(7)13-2/h3-4H,5H2,1-2H3. The van der Waals surface area contributed by atoms with Gasteiger partial charge in [0.05, 0.1) is 18.7 Å². The number of nitriles is 1. The fourth-order valence-electron chi connectivity index (χ4n) is 1.15. The van der Waals surface area contributed by atoms with Crippen molar-refractivity contribution in [1.29, 1.82) is 5.26 Å². The molecule has 1 rings (SSSR count). The summed E-state index contributed by atoms with van der Waals surface area (Å²) < 4.78 is 5.16. The third-order valence-electron chi connectivity index (χ3n) is 1.91. The van der Waals surface area contributed by atoms with Gasteiger partial charge in [-0.25, -0.2) is 0 Å². The molecule has 0 N–H and O–H groups in total. The predicted octanol–water partition coefficient (Wildman–Crippen LogP) is 2.77. The lowest BCUT2D eigenvalue weighted by atomic mass is 10.1. The molecule has 0 amide bonds. The first-order valence-corrected chi connectivity index (χ1v) is 4.98. The van der Waals surface area contributed by atoms with Crippen LogP contribution in [-0.2, 0) is 5.33 Å². The molecule has 0 unspecified atom stereocenters. The molecule has 0 atom stereocenters. The Labute approximate surface area is 86.3 Å². The fourth-order valence-corrected chi connectivity index (χ4v) is 1.47. The number of alkyl halides is 1. The van der Waals surface area contributed by atoms with Crippen molar-refractivity contribution in [2.45, 2.75) is 12.3 Å². The molecule has 2 nitrogen and oxygen atoms in total. The summed E-state index contributed by atoms with van der Waals surface area (Å²) in [6.07, 6.45) is 0. The highest BCUT2D eigenvalue weighted by Gasteiger charge is 2.06. The average Bonchev–Trinajstić information content (AvgIpc) is 2.18. The first kappa shape index (κ1) is 10.1. The first-order chi connectivity index (χ1) is 6.22. The summed E-state index contributed by atoms with van der Waals surface area (Å²) >= 11 is 3.34. The molecule has 0 spiro atoms. The highest BCUT2D eigenvalue weighted by molar-refractivity contribution is 9.08. The summed E-state index contributed by atoms with van der Waals surface area (Å²) in [6, 6.07) is 5.95. The lowest BCUT2D eigenvalue weighted by Gasteiger charge is -2.07. The van der Waals surface area contributed by atoms with E-state index in [9.17, 15) is 0 Å². The van der Waals surface area contributed by atoms with Crippen molar-refractivity contribution in [2.24, 2.45) is 0 Å². The van der Waals surface area contributed by atoms with Crippen molar-refractivity contribution < 1.29 is 4.74 Å². The third kappa shape index (κ3) is 2.02. The maximum Gasteiger partial charge on any atom is 0.123 e. The molecular weight excluding hydrogens is 230 g/mol. The van der Waals surface area contributed by atoms with E-state index in [1.807, 2.05) is 19.1 Å². The summed E-state index contributed by atoms with van der Waals surface area (Å²) in [5.74, 6) is 0.772. The van der Waals surface area contributed by atoms with E-state index in [4.69, 9.17) is 10.00 Å². The van der Waals surface area contributed by atoms with E-state index in [0.29, 0.717) is 5.56 Å². The molecule has 68 valence electrons. The molecule has 0 aromatic heterocycles. The predicted molar refractivity (Wildman–Crippen MR) is 55.1 cm³/mol. The Balaban J connectivity index is 3.31. The topological polar surface area (TPSA) is 33.0 Å². The summed E-state index contributed by atoms with van der Waals surface area (Å²) in [7, 11) is 1.61. The smallest absolute Gasteiger partial charge is 0.123 e. The molecule has 0 fully saturated rings. The molecule has 13 heavy (non-hydrogen) atoms. The zero-order valence-electron chi connectivity index (χ0n) is 7.60. The van der Waals surface area contributed by atoms with Gasteiger partial charge in [-0.15, -0.1) is 0 Å². The average molecular weight is 240 g/mol. The van der Waals surface area contributed by atoms with Crippen molar-refractivity contribution >= 4 is 15.9 Å². The molecule has 0 heterocycles. The van der Waals surface area contributed by atoms with Crippen LogP contribution in [0.25, 0.3) is 0 Å². The lowest BCUT2D eigenvalue weighted by molar-refractivity contribution is 0.411. The molecule has 0 bridgehead atoms. The zero-order valence-corrected chi connectivity index (χ0v) is 9.18. The Morgan fingerprint density at radius 1 is 1.54 bits per heavy atom. The summed E-state index contributed by atoms with van der Waals surface area (Å²) in [5, 5.41) is 9.57. The van der Waals surface area contributed by atoms with Gasteiger partial charge in [0.1, 0.15) is 5.75 Å². The largest absolute Gasteiger partial charge is 0.496 e. The molecular formula is C10H10BrNO. The van der Waals surface area contributed by atoms with Gasteiger partial charge in [-0.2, -0.15) is 5.26 Å². The summed E-state index contributed by atoms with van der Waals surface area (Å²) in [6.45, 7) is 1.88. The molecule has 0 saturated heterocycles. The molecule has 3 heteroatoms. The Kier molecular flexibility index (Phi) is 3.32. The first-order valence-electron chi connectivity index (χ1n) is 3.86. The molecule has 1 aromatic carbocycles. The second kappa shape index (κ2) is 4.29. The molecule has 0 radical (unpaired) electrons. The van der Waals surface area contributed by atoms with Crippen LogP contribution in [0.15, 0.2) is 12.1 Å². The summed E-state index contributed by atoms with van der Waals surface area (Å²) in [5.41, 5.74) is 2.63. The van der Waals surface area contributed by atoms with E-state index < -0.39 is 0 Å². The molecule has 1 aromatic rings. The highest BCUT2D eigenvalue weighted by atomic mass is 79.9. The van der Waals surface area contributed by atoms with Gasteiger partial charge in [0.2, 0.25) is 0 Å². The zero-order chi connectivity index (χ0) is 9.84. The second-order valence-corrected chi connectivity index (χ2v) is 3.28. The highest BCUT2D eigenvalue weighted by Crippen LogP contribution is 2.24. The van der Waals surface area contributed by atoms with Crippen LogP contribution >= 0.6 is 15.9 Å². The number of hydrogen-bond donors (Lipinski definition) is 0. The maximum absolute atomic E-state index is 8.84. The third-order valence-corrected chi connectivity index (χ3v) is 2.56. The number of rotatable bonds is 2. The van der Waals surface area contributed by atoms with Gasteiger partial charge >= 0.3 is 0 Å². The number of benzene rings is 1. The van der Waals surface area contributed by atoms with Gasteiger partial charge in [0.15, 0.2) is 0 Å². The van der Waals surface area contributed by atoms with Gasteiger partial charge in [0.25, 0.3) is 0 Å². The van der Waals surface area contributed by atoms with Crippen LogP contribution in [0.2, 0.25) is 0 Å². The van der Waals surface area contributed by atoms with E-state index in [1.54, 1.807) is 7.11 Å². The van der Waals surface area contributed by atoms with Gasteiger partial charge in [0, 0.05) is 10.9 Å². The fraction of sp³-hybridized carbons (Fsp3) is 0.300.